The van der Waals surface area contributed by atoms with Gasteiger partial charge in [0.25, 0.3) is 0 Å². The fourth-order valence-corrected chi connectivity index (χ4v) is 3.75. The molecule has 1 nitrogen and oxygen atoms in total. The van der Waals surface area contributed by atoms with Crippen molar-refractivity contribution in [3.63, 3.8) is 0 Å². The van der Waals surface area contributed by atoms with Crippen LogP contribution in [-0.4, -0.2) is 11.7 Å². The smallest absolute Gasteiger partial charge is 0.243 e. The summed E-state index contributed by atoms with van der Waals surface area (Å²) in [6.45, 7) is 0. The van der Waals surface area contributed by atoms with Crippen LogP contribution >= 0.6 is 23.4 Å². The molecule has 18 heavy (non-hydrogen) atoms. The van der Waals surface area contributed by atoms with Gasteiger partial charge < -0.3 is 0 Å². The molecule has 0 amide bonds. The number of hydrogen-bond donors (Lipinski definition) is 0. The van der Waals surface area contributed by atoms with E-state index in [9.17, 15) is 13.6 Å². The summed E-state index contributed by atoms with van der Waals surface area (Å²) in [4.78, 5) is 11.8. The molecule has 0 radical (unpaired) electrons. The highest BCUT2D eigenvalue weighted by atomic mass is 35.5. The summed E-state index contributed by atoms with van der Waals surface area (Å²) in [6.07, 6.45) is -1.18. The molecule has 1 aromatic rings. The third-order valence-corrected chi connectivity index (χ3v) is 4.81. The van der Waals surface area contributed by atoms with Gasteiger partial charge in [0.15, 0.2) is 0 Å². The predicted molar refractivity (Wildman–Crippen MR) is 69.8 cm³/mol. The number of hydrogen-bond acceptors (Lipinski definition) is 2. The third-order valence-electron chi connectivity index (χ3n) is 3.01. The molecule has 0 saturated heterocycles. The number of thioether (sulfide) groups is 1. The molecule has 2 unspecified atom stereocenters. The van der Waals surface area contributed by atoms with Gasteiger partial charge in [-0.2, -0.15) is 0 Å². The Morgan fingerprint density at radius 3 is 2.61 bits per heavy atom. The maximum absolute atomic E-state index is 12.6. The Labute approximate surface area is 113 Å². The summed E-state index contributed by atoms with van der Waals surface area (Å²) in [5.41, 5.74) is 0.672. The van der Waals surface area contributed by atoms with E-state index in [-0.39, 0.29) is 6.42 Å². The molecular weight excluding hydrogens is 278 g/mol. The Hall–Kier alpha value is -0.870. The topological polar surface area (TPSA) is 17.1 Å². The lowest BCUT2D eigenvalue weighted by Gasteiger charge is -2.31. The van der Waals surface area contributed by atoms with Gasteiger partial charge in [-0.15, -0.1) is 11.8 Å². The molecule has 0 spiro atoms. The Kier molecular flexibility index (Phi) is 4.07. The zero-order chi connectivity index (χ0) is 13.2. The Bertz CT molecular complexity index is 463. The van der Waals surface area contributed by atoms with Crippen LogP contribution in [0.5, 0.6) is 0 Å². The number of benzene rings is 1. The van der Waals surface area contributed by atoms with Crippen LogP contribution in [0, 0.1) is 5.92 Å². The van der Waals surface area contributed by atoms with E-state index in [2.05, 4.69) is 0 Å². The first-order valence-electron chi connectivity index (χ1n) is 5.45. The molecule has 2 atom stereocenters. The lowest BCUT2D eigenvalue weighted by Crippen LogP contribution is -2.35. The van der Waals surface area contributed by atoms with E-state index in [1.54, 1.807) is 35.7 Å². The average Bonchev–Trinajstić information content (AvgIpc) is 2.74. The molecule has 1 heterocycles. The van der Waals surface area contributed by atoms with Crippen LogP contribution in [0.3, 0.4) is 0 Å². The summed E-state index contributed by atoms with van der Waals surface area (Å²) < 4.78 is 24.1. The van der Waals surface area contributed by atoms with Crippen LogP contribution in [0.2, 0.25) is 0 Å². The van der Waals surface area contributed by atoms with Crippen LogP contribution in [0.4, 0.5) is 8.78 Å². The lowest BCUT2D eigenvalue weighted by atomic mass is 9.84. The first-order valence-corrected chi connectivity index (χ1v) is 6.71. The largest absolute Gasteiger partial charge is 0.279 e. The second-order valence-electron chi connectivity index (χ2n) is 4.06. The van der Waals surface area contributed by atoms with Gasteiger partial charge in [0, 0.05) is 12.3 Å². The lowest BCUT2D eigenvalue weighted by molar-refractivity contribution is -0.115. The maximum Gasteiger partial charge on any atom is 0.243 e. The van der Waals surface area contributed by atoms with E-state index >= 15 is 0 Å². The second kappa shape index (κ2) is 5.41. The Morgan fingerprint density at radius 2 is 2.06 bits per heavy atom. The van der Waals surface area contributed by atoms with E-state index in [4.69, 9.17) is 11.6 Å². The number of allylic oxidation sites excluding steroid dienone is 1. The predicted octanol–water partition coefficient (Wildman–Crippen LogP) is 4.18. The van der Waals surface area contributed by atoms with Gasteiger partial charge in [0.2, 0.25) is 11.7 Å². The minimum atomic E-state index is -2.46. The number of rotatable bonds is 4. The van der Waals surface area contributed by atoms with Crippen LogP contribution in [-0.2, 0) is 9.54 Å². The summed E-state index contributed by atoms with van der Waals surface area (Å²) in [5.74, 6) is -0.574. The van der Waals surface area contributed by atoms with E-state index in [1.807, 2.05) is 6.07 Å². The van der Waals surface area contributed by atoms with Crippen molar-refractivity contribution in [3.8, 4) is 0 Å². The molecule has 2 rings (SSSR count). The molecule has 0 saturated carbocycles. The molecule has 0 bridgehead atoms. The first kappa shape index (κ1) is 13.6. The molecule has 1 aliphatic heterocycles. The first-order chi connectivity index (χ1) is 8.57. The number of carbonyl (C=O) groups excluding carboxylic acids is 1. The number of carbonyl (C=O) groups is 1. The van der Waals surface area contributed by atoms with Gasteiger partial charge in [0.05, 0.1) is 0 Å². The van der Waals surface area contributed by atoms with Gasteiger partial charge in [0.1, 0.15) is 4.75 Å². The van der Waals surface area contributed by atoms with Crippen molar-refractivity contribution in [1.82, 2.24) is 0 Å². The van der Waals surface area contributed by atoms with Crippen LogP contribution in [0.1, 0.15) is 12.0 Å². The van der Waals surface area contributed by atoms with Crippen LogP contribution in [0.25, 0.3) is 0 Å². The normalized spacial score (nSPS) is 26.8. The summed E-state index contributed by atoms with van der Waals surface area (Å²) >= 11 is 6.91. The van der Waals surface area contributed by atoms with Crippen molar-refractivity contribution in [2.24, 2.45) is 5.92 Å². The zero-order valence-corrected chi connectivity index (χ0v) is 10.9. The molecule has 1 aromatic carbocycles. The molecule has 0 aromatic heterocycles. The standard InChI is InChI=1S/C13H11ClF2OS/c14-12(17)13(9-4-2-1-3-5-9)10(6-7-18-13)8-11(15)16/h1-7,10-11H,8H2. The molecule has 1 aliphatic rings. The molecule has 0 fully saturated rings. The van der Waals surface area contributed by atoms with E-state index in [0.29, 0.717) is 5.56 Å². The van der Waals surface area contributed by atoms with Crippen molar-refractivity contribution in [3.05, 3.63) is 47.4 Å². The number of halogens is 3. The van der Waals surface area contributed by atoms with Crippen molar-refractivity contribution in [2.75, 3.05) is 0 Å². The van der Waals surface area contributed by atoms with E-state index in [1.165, 1.54) is 11.8 Å². The second-order valence-corrected chi connectivity index (χ2v) is 5.55. The SMILES string of the molecule is O=C(Cl)C1(c2ccccc2)SC=CC1CC(F)F. The fourth-order valence-electron chi connectivity index (χ4n) is 2.17. The molecule has 0 aliphatic carbocycles. The average molecular weight is 289 g/mol. The highest BCUT2D eigenvalue weighted by Gasteiger charge is 2.48. The van der Waals surface area contributed by atoms with Gasteiger partial charge in [-0.3, -0.25) is 4.79 Å². The van der Waals surface area contributed by atoms with Gasteiger partial charge in [-0.05, 0) is 22.6 Å². The molecule has 5 heteroatoms. The quantitative estimate of drug-likeness (QED) is 0.773. The zero-order valence-electron chi connectivity index (χ0n) is 9.35. The van der Waals surface area contributed by atoms with Crippen molar-refractivity contribution in [1.29, 1.82) is 0 Å². The van der Waals surface area contributed by atoms with Crippen LogP contribution in [0.15, 0.2) is 41.8 Å². The number of alkyl halides is 2. The fraction of sp³-hybridized carbons (Fsp3) is 0.308. The summed E-state index contributed by atoms with van der Waals surface area (Å²) in [6, 6.07) is 8.85. The molecular formula is C13H11ClF2OS. The van der Waals surface area contributed by atoms with Crippen molar-refractivity contribution < 1.29 is 13.6 Å². The minimum Gasteiger partial charge on any atom is -0.279 e. The van der Waals surface area contributed by atoms with E-state index in [0.717, 1.165) is 0 Å². The summed E-state index contributed by atoms with van der Waals surface area (Å²) in [7, 11) is 0. The van der Waals surface area contributed by atoms with E-state index < -0.39 is 22.3 Å². The van der Waals surface area contributed by atoms with Gasteiger partial charge in [-0.25, -0.2) is 8.78 Å². The van der Waals surface area contributed by atoms with Crippen molar-refractivity contribution >= 4 is 28.6 Å². The highest BCUT2D eigenvalue weighted by molar-refractivity contribution is 8.04. The molecule has 0 N–H and O–H groups in total. The third kappa shape index (κ3) is 2.31. The Morgan fingerprint density at radius 1 is 1.39 bits per heavy atom. The van der Waals surface area contributed by atoms with Gasteiger partial charge >= 0.3 is 0 Å². The highest BCUT2D eigenvalue weighted by Crippen LogP contribution is 2.52. The molecule has 96 valence electrons. The monoisotopic (exact) mass is 288 g/mol. The van der Waals surface area contributed by atoms with Crippen molar-refractivity contribution in [2.45, 2.75) is 17.6 Å². The van der Waals surface area contributed by atoms with Crippen LogP contribution < -0.4 is 0 Å². The summed E-state index contributed by atoms with van der Waals surface area (Å²) in [5, 5.41) is 1.08. The van der Waals surface area contributed by atoms with Gasteiger partial charge in [-0.1, -0.05) is 36.4 Å². The Balaban J connectivity index is 2.42. The minimum absolute atomic E-state index is 0.364. The maximum atomic E-state index is 12.6.